The molecule has 0 saturated carbocycles. The molecule has 0 bridgehead atoms. The van der Waals surface area contributed by atoms with E-state index in [4.69, 9.17) is 9.47 Å². The van der Waals surface area contributed by atoms with Crippen molar-refractivity contribution in [2.45, 2.75) is 32.4 Å². The lowest BCUT2D eigenvalue weighted by atomic mass is 10.1. The average molecular weight is 503 g/mol. The minimum Gasteiger partial charge on any atom is -0.493 e. The van der Waals surface area contributed by atoms with Crippen LogP contribution in [0.25, 0.3) is 11.4 Å². The van der Waals surface area contributed by atoms with Crippen molar-refractivity contribution in [3.8, 4) is 22.9 Å². The first-order chi connectivity index (χ1) is 17.9. The standard InChI is InChI=1S/C28H27FN4O4/c1-18(19-8-4-3-5-9-19)30-26(34)15-13-23-28(35)31-27(33-32-23)20-12-14-24(25(16-20)36-2)37-17-21-10-6-7-11-22(21)29/h3-12,14,16,18H,13,15,17H2,1-2H3,(H,30,34)(H,31,33,35). The van der Waals surface area contributed by atoms with Crippen molar-refractivity contribution >= 4 is 5.91 Å². The molecule has 0 fully saturated rings. The van der Waals surface area contributed by atoms with Crippen molar-refractivity contribution in [2.75, 3.05) is 7.11 Å². The lowest BCUT2D eigenvalue weighted by molar-refractivity contribution is -0.121. The number of rotatable bonds is 10. The molecule has 0 aliphatic heterocycles. The Morgan fingerprint density at radius 1 is 1.03 bits per heavy atom. The molecule has 1 amide bonds. The van der Waals surface area contributed by atoms with Crippen molar-refractivity contribution in [3.63, 3.8) is 0 Å². The van der Waals surface area contributed by atoms with E-state index in [2.05, 4.69) is 20.5 Å². The number of amides is 1. The summed E-state index contributed by atoms with van der Waals surface area (Å²) in [6, 6.07) is 20.8. The number of aryl methyl sites for hydroxylation is 1. The van der Waals surface area contributed by atoms with E-state index in [9.17, 15) is 14.0 Å². The molecule has 0 radical (unpaired) electrons. The van der Waals surface area contributed by atoms with E-state index in [0.717, 1.165) is 5.56 Å². The van der Waals surface area contributed by atoms with Crippen LogP contribution in [0.3, 0.4) is 0 Å². The number of aromatic nitrogens is 3. The zero-order valence-corrected chi connectivity index (χ0v) is 20.5. The molecule has 0 spiro atoms. The van der Waals surface area contributed by atoms with E-state index in [1.54, 1.807) is 36.4 Å². The lowest BCUT2D eigenvalue weighted by Gasteiger charge is -2.14. The van der Waals surface area contributed by atoms with Gasteiger partial charge in [0.05, 0.1) is 13.2 Å². The second kappa shape index (κ2) is 11.9. The van der Waals surface area contributed by atoms with Crippen LogP contribution in [0.2, 0.25) is 0 Å². The highest BCUT2D eigenvalue weighted by atomic mass is 19.1. The van der Waals surface area contributed by atoms with Crippen LogP contribution in [0.5, 0.6) is 11.5 Å². The fraction of sp³-hybridized carbons (Fsp3) is 0.214. The van der Waals surface area contributed by atoms with Gasteiger partial charge in [-0.15, -0.1) is 10.2 Å². The molecule has 4 rings (SSSR count). The van der Waals surface area contributed by atoms with E-state index in [-0.39, 0.29) is 48.7 Å². The fourth-order valence-electron chi connectivity index (χ4n) is 3.73. The number of halogens is 1. The Morgan fingerprint density at radius 2 is 1.78 bits per heavy atom. The summed E-state index contributed by atoms with van der Waals surface area (Å²) in [6.07, 6.45) is 0.262. The molecule has 0 saturated heterocycles. The summed E-state index contributed by atoms with van der Waals surface area (Å²) in [5, 5.41) is 11.1. The van der Waals surface area contributed by atoms with Gasteiger partial charge in [-0.1, -0.05) is 48.5 Å². The highest BCUT2D eigenvalue weighted by molar-refractivity contribution is 5.76. The number of benzene rings is 3. The molecule has 190 valence electrons. The Labute approximate surface area is 213 Å². The number of nitrogens with zero attached hydrogens (tertiary/aromatic N) is 2. The first kappa shape index (κ1) is 25.6. The van der Waals surface area contributed by atoms with Gasteiger partial charge in [-0.05, 0) is 36.8 Å². The summed E-state index contributed by atoms with van der Waals surface area (Å²) in [4.78, 5) is 27.7. The molecule has 1 unspecified atom stereocenters. The molecular weight excluding hydrogens is 475 g/mol. The molecule has 1 atom stereocenters. The van der Waals surface area contributed by atoms with Gasteiger partial charge in [-0.2, -0.15) is 0 Å². The van der Waals surface area contributed by atoms with Crippen molar-refractivity contribution in [1.29, 1.82) is 0 Å². The molecule has 0 aliphatic carbocycles. The second-order valence-electron chi connectivity index (χ2n) is 8.40. The molecule has 2 N–H and O–H groups in total. The van der Waals surface area contributed by atoms with Gasteiger partial charge in [-0.25, -0.2) is 4.39 Å². The highest BCUT2D eigenvalue weighted by Gasteiger charge is 2.14. The Morgan fingerprint density at radius 3 is 2.51 bits per heavy atom. The predicted molar refractivity (Wildman–Crippen MR) is 137 cm³/mol. The highest BCUT2D eigenvalue weighted by Crippen LogP contribution is 2.31. The summed E-state index contributed by atoms with van der Waals surface area (Å²) < 4.78 is 25.0. The quantitative estimate of drug-likeness (QED) is 0.334. The fourth-order valence-corrected chi connectivity index (χ4v) is 3.73. The van der Waals surface area contributed by atoms with Gasteiger partial charge in [0.25, 0.3) is 5.56 Å². The van der Waals surface area contributed by atoms with Crippen LogP contribution in [0, 0.1) is 5.82 Å². The smallest absolute Gasteiger partial charge is 0.273 e. The SMILES string of the molecule is COc1cc(-c2nnc(CCC(=O)NC(C)c3ccccc3)c(=O)[nH]2)ccc1OCc1ccccc1F. The minimum atomic E-state index is -0.423. The van der Waals surface area contributed by atoms with Gasteiger partial charge >= 0.3 is 0 Å². The third kappa shape index (κ3) is 6.58. The van der Waals surface area contributed by atoms with Crippen LogP contribution in [-0.2, 0) is 17.8 Å². The zero-order chi connectivity index (χ0) is 26.2. The Bertz CT molecular complexity index is 1430. The summed E-state index contributed by atoms with van der Waals surface area (Å²) in [5.41, 5.74) is 1.72. The topological polar surface area (TPSA) is 106 Å². The van der Waals surface area contributed by atoms with Gasteiger partial charge in [0, 0.05) is 24.0 Å². The molecule has 1 aromatic heterocycles. The molecule has 1 heterocycles. The average Bonchev–Trinajstić information content (AvgIpc) is 2.92. The molecule has 37 heavy (non-hydrogen) atoms. The number of aromatic amines is 1. The maximum atomic E-state index is 13.9. The molecule has 9 heteroatoms. The normalized spacial score (nSPS) is 11.5. The van der Waals surface area contributed by atoms with Crippen molar-refractivity contribution in [2.24, 2.45) is 0 Å². The number of carbonyl (C=O) groups is 1. The van der Waals surface area contributed by atoms with Gasteiger partial charge < -0.3 is 19.8 Å². The van der Waals surface area contributed by atoms with Crippen LogP contribution in [-0.4, -0.2) is 28.2 Å². The van der Waals surface area contributed by atoms with Gasteiger partial charge in [0.2, 0.25) is 5.91 Å². The number of methoxy groups -OCH3 is 1. The molecule has 4 aromatic rings. The van der Waals surface area contributed by atoms with Crippen molar-refractivity contribution < 1.29 is 18.7 Å². The van der Waals surface area contributed by atoms with Gasteiger partial charge in [0.15, 0.2) is 17.3 Å². The van der Waals surface area contributed by atoms with Crippen molar-refractivity contribution in [1.82, 2.24) is 20.5 Å². The van der Waals surface area contributed by atoms with Crippen LogP contribution in [0.1, 0.15) is 36.2 Å². The van der Waals surface area contributed by atoms with E-state index < -0.39 is 5.56 Å². The molecule has 8 nitrogen and oxygen atoms in total. The van der Waals surface area contributed by atoms with Crippen LogP contribution >= 0.6 is 0 Å². The minimum absolute atomic E-state index is 0.0332. The summed E-state index contributed by atoms with van der Waals surface area (Å²) in [7, 11) is 1.48. The molecule has 0 aliphatic rings. The molecular formula is C28H27FN4O4. The van der Waals surface area contributed by atoms with E-state index >= 15 is 0 Å². The van der Waals surface area contributed by atoms with E-state index in [1.165, 1.54) is 13.2 Å². The van der Waals surface area contributed by atoms with Gasteiger partial charge in [-0.3, -0.25) is 9.59 Å². The Balaban J connectivity index is 1.39. The first-order valence-electron chi connectivity index (χ1n) is 11.8. The number of nitrogens with one attached hydrogen (secondary N) is 2. The summed E-state index contributed by atoms with van der Waals surface area (Å²) in [6.45, 7) is 1.94. The Hall–Kier alpha value is -4.53. The van der Waals surface area contributed by atoms with Crippen LogP contribution < -0.4 is 20.3 Å². The predicted octanol–water partition coefficient (Wildman–Crippen LogP) is 4.37. The largest absolute Gasteiger partial charge is 0.493 e. The second-order valence-corrected chi connectivity index (χ2v) is 8.40. The number of H-pyrrole nitrogens is 1. The number of hydrogen-bond acceptors (Lipinski definition) is 6. The monoisotopic (exact) mass is 502 g/mol. The number of hydrogen-bond donors (Lipinski definition) is 2. The van der Waals surface area contributed by atoms with Crippen LogP contribution in [0.4, 0.5) is 4.39 Å². The maximum absolute atomic E-state index is 13.9. The number of ether oxygens (including phenoxy) is 2. The third-order valence-electron chi connectivity index (χ3n) is 5.81. The lowest BCUT2D eigenvalue weighted by Crippen LogP contribution is -2.28. The first-order valence-corrected chi connectivity index (χ1v) is 11.8. The van der Waals surface area contributed by atoms with E-state index in [1.807, 2.05) is 37.3 Å². The number of carbonyl (C=O) groups excluding carboxylic acids is 1. The van der Waals surface area contributed by atoms with E-state index in [0.29, 0.717) is 22.6 Å². The van der Waals surface area contributed by atoms with Crippen molar-refractivity contribution in [3.05, 3.63) is 106 Å². The summed E-state index contributed by atoms with van der Waals surface area (Å²) >= 11 is 0. The van der Waals surface area contributed by atoms with Gasteiger partial charge in [0.1, 0.15) is 18.1 Å². The molecule has 3 aromatic carbocycles. The van der Waals surface area contributed by atoms with Crippen LogP contribution in [0.15, 0.2) is 77.6 Å². The third-order valence-corrected chi connectivity index (χ3v) is 5.81. The summed E-state index contributed by atoms with van der Waals surface area (Å²) in [5.74, 6) is 0.517. The zero-order valence-electron chi connectivity index (χ0n) is 20.5. The maximum Gasteiger partial charge on any atom is 0.273 e. The Kier molecular flexibility index (Phi) is 8.25.